The minimum atomic E-state index is -0.555. The van der Waals surface area contributed by atoms with Gasteiger partial charge in [0.15, 0.2) is 0 Å². The molecule has 86 valence electrons. The third-order valence-corrected chi connectivity index (χ3v) is 4.26. The van der Waals surface area contributed by atoms with E-state index in [0.717, 1.165) is 38.8 Å². The Kier molecular flexibility index (Phi) is 2.75. The number of aliphatic carboxylic acids is 1. The normalized spacial score (nSPS) is 42.3. The molecule has 15 heavy (non-hydrogen) atoms. The van der Waals surface area contributed by atoms with Crippen molar-refractivity contribution in [1.82, 2.24) is 4.90 Å². The fourth-order valence-corrected chi connectivity index (χ4v) is 3.48. The minimum absolute atomic E-state index is 0.380. The lowest BCUT2D eigenvalue weighted by atomic mass is 9.55. The van der Waals surface area contributed by atoms with Crippen LogP contribution in [0, 0.1) is 17.3 Å². The van der Waals surface area contributed by atoms with Crippen LogP contribution in [-0.2, 0) is 4.79 Å². The van der Waals surface area contributed by atoms with E-state index < -0.39 is 5.97 Å². The number of carboxylic acids is 1. The van der Waals surface area contributed by atoms with Crippen LogP contribution in [0.5, 0.6) is 0 Å². The minimum Gasteiger partial charge on any atom is -0.481 e. The fourth-order valence-electron chi connectivity index (χ4n) is 3.48. The van der Waals surface area contributed by atoms with Gasteiger partial charge in [-0.25, -0.2) is 0 Å². The molecule has 0 aromatic carbocycles. The molecule has 1 unspecified atom stereocenters. The zero-order chi connectivity index (χ0) is 11.1. The Hall–Kier alpha value is -0.570. The Morgan fingerprint density at radius 2 is 2.13 bits per heavy atom. The van der Waals surface area contributed by atoms with E-state index in [-0.39, 0.29) is 5.41 Å². The summed E-state index contributed by atoms with van der Waals surface area (Å²) in [7, 11) is 2.10. The van der Waals surface area contributed by atoms with E-state index in [1.165, 1.54) is 0 Å². The summed E-state index contributed by atoms with van der Waals surface area (Å²) in [5.74, 6) is 0.430. The molecule has 0 amide bonds. The van der Waals surface area contributed by atoms with E-state index in [2.05, 4.69) is 18.9 Å². The lowest BCUT2D eigenvalue weighted by molar-refractivity contribution is -0.166. The van der Waals surface area contributed by atoms with E-state index in [1.54, 1.807) is 0 Å². The van der Waals surface area contributed by atoms with Gasteiger partial charge in [0.2, 0.25) is 0 Å². The third kappa shape index (κ3) is 1.78. The Bertz CT molecular complexity index is 258. The molecule has 1 atom stereocenters. The Morgan fingerprint density at radius 3 is 2.60 bits per heavy atom. The monoisotopic (exact) mass is 211 g/mol. The number of carboxylic acid groups (broad SMARTS) is 1. The van der Waals surface area contributed by atoms with E-state index in [4.69, 9.17) is 0 Å². The molecule has 0 aromatic rings. The first kappa shape index (κ1) is 10.9. The van der Waals surface area contributed by atoms with Crippen LogP contribution in [0.2, 0.25) is 0 Å². The molecule has 1 N–H and O–H groups in total. The zero-order valence-electron chi connectivity index (χ0n) is 9.70. The predicted octanol–water partition coefficient (Wildman–Crippen LogP) is 1.83. The van der Waals surface area contributed by atoms with Gasteiger partial charge in [-0.1, -0.05) is 6.92 Å². The van der Waals surface area contributed by atoms with Crippen LogP contribution in [0.25, 0.3) is 0 Å². The predicted molar refractivity (Wildman–Crippen MR) is 58.7 cm³/mol. The summed E-state index contributed by atoms with van der Waals surface area (Å²) in [6.07, 6.45) is 4.04. The van der Waals surface area contributed by atoms with Gasteiger partial charge < -0.3 is 10.0 Å². The van der Waals surface area contributed by atoms with E-state index in [0.29, 0.717) is 11.8 Å². The maximum atomic E-state index is 11.4. The largest absolute Gasteiger partial charge is 0.481 e. The highest BCUT2D eigenvalue weighted by Crippen LogP contribution is 2.53. The molecule has 1 aliphatic carbocycles. The fraction of sp³-hybridized carbons (Fsp3) is 0.917. The second-order valence-corrected chi connectivity index (χ2v) is 5.58. The molecule has 2 fully saturated rings. The van der Waals surface area contributed by atoms with Gasteiger partial charge in [-0.3, -0.25) is 4.79 Å². The average Bonchev–Trinajstić information content (AvgIpc) is 2.12. The van der Waals surface area contributed by atoms with Crippen LogP contribution in [0.15, 0.2) is 0 Å². The van der Waals surface area contributed by atoms with Gasteiger partial charge in [0, 0.05) is 6.54 Å². The molecule has 1 saturated carbocycles. The number of hydrogen-bond acceptors (Lipinski definition) is 2. The molecule has 2 rings (SSSR count). The molecule has 1 heterocycles. The lowest BCUT2D eigenvalue weighted by Gasteiger charge is -2.50. The number of piperidine rings is 1. The van der Waals surface area contributed by atoms with E-state index in [9.17, 15) is 9.90 Å². The van der Waals surface area contributed by atoms with Crippen molar-refractivity contribution in [3.8, 4) is 0 Å². The smallest absolute Gasteiger partial charge is 0.309 e. The molecular formula is C12H21NO2. The van der Waals surface area contributed by atoms with Crippen molar-refractivity contribution in [2.75, 3.05) is 20.1 Å². The standard InChI is InChI=1S/C12H21NO2/c1-9-6-12(7-9,11(14)15)10-4-3-5-13(2)8-10/h9-10H,3-8H2,1-2H3,(H,14,15). The van der Waals surface area contributed by atoms with Gasteiger partial charge in [0.25, 0.3) is 0 Å². The van der Waals surface area contributed by atoms with E-state index >= 15 is 0 Å². The molecule has 0 bridgehead atoms. The van der Waals surface area contributed by atoms with Crippen molar-refractivity contribution in [3.63, 3.8) is 0 Å². The highest BCUT2D eigenvalue weighted by atomic mass is 16.4. The van der Waals surface area contributed by atoms with Gasteiger partial charge in [0.1, 0.15) is 0 Å². The van der Waals surface area contributed by atoms with Crippen LogP contribution in [-0.4, -0.2) is 36.1 Å². The summed E-state index contributed by atoms with van der Waals surface area (Å²) in [4.78, 5) is 13.7. The summed E-state index contributed by atoms with van der Waals surface area (Å²) < 4.78 is 0. The number of hydrogen-bond donors (Lipinski definition) is 1. The molecule has 3 nitrogen and oxygen atoms in total. The van der Waals surface area contributed by atoms with Crippen molar-refractivity contribution >= 4 is 5.97 Å². The number of carbonyl (C=O) groups is 1. The second-order valence-electron chi connectivity index (χ2n) is 5.58. The quantitative estimate of drug-likeness (QED) is 0.757. The molecular weight excluding hydrogens is 190 g/mol. The molecule has 0 aromatic heterocycles. The summed E-state index contributed by atoms with van der Waals surface area (Å²) in [6, 6.07) is 0. The molecule has 1 aliphatic heterocycles. The maximum Gasteiger partial charge on any atom is 0.309 e. The molecule has 0 spiro atoms. The maximum absolute atomic E-state index is 11.4. The van der Waals surface area contributed by atoms with E-state index in [1.807, 2.05) is 0 Å². The van der Waals surface area contributed by atoms with Crippen molar-refractivity contribution in [2.45, 2.75) is 32.6 Å². The Balaban J connectivity index is 2.08. The Morgan fingerprint density at radius 1 is 1.47 bits per heavy atom. The first-order valence-corrected chi connectivity index (χ1v) is 5.96. The van der Waals surface area contributed by atoms with Gasteiger partial charge in [0.05, 0.1) is 5.41 Å². The topological polar surface area (TPSA) is 40.5 Å². The van der Waals surface area contributed by atoms with Crippen LogP contribution < -0.4 is 0 Å². The summed E-state index contributed by atoms with van der Waals surface area (Å²) in [5.41, 5.74) is -0.381. The Labute approximate surface area is 91.5 Å². The van der Waals surface area contributed by atoms with Crippen molar-refractivity contribution in [3.05, 3.63) is 0 Å². The van der Waals surface area contributed by atoms with Crippen molar-refractivity contribution in [2.24, 2.45) is 17.3 Å². The zero-order valence-corrected chi connectivity index (χ0v) is 9.70. The van der Waals surface area contributed by atoms with Crippen LogP contribution in [0.1, 0.15) is 32.6 Å². The number of nitrogens with zero attached hydrogens (tertiary/aromatic N) is 1. The average molecular weight is 211 g/mol. The molecule has 3 heteroatoms. The van der Waals surface area contributed by atoms with Crippen LogP contribution in [0.3, 0.4) is 0 Å². The SMILES string of the molecule is CC1CC(C(=O)O)(C2CCCN(C)C2)C1. The highest BCUT2D eigenvalue weighted by Gasteiger charge is 2.54. The van der Waals surface area contributed by atoms with Gasteiger partial charge >= 0.3 is 5.97 Å². The molecule has 0 radical (unpaired) electrons. The number of likely N-dealkylation sites (tertiary alicyclic amines) is 1. The summed E-state index contributed by atoms with van der Waals surface area (Å²) in [6.45, 7) is 4.26. The van der Waals surface area contributed by atoms with Gasteiger partial charge in [-0.15, -0.1) is 0 Å². The van der Waals surface area contributed by atoms with Crippen LogP contribution in [0.4, 0.5) is 0 Å². The first-order valence-electron chi connectivity index (χ1n) is 5.96. The van der Waals surface area contributed by atoms with Gasteiger partial charge in [-0.2, -0.15) is 0 Å². The summed E-state index contributed by atoms with van der Waals surface area (Å²) >= 11 is 0. The second kappa shape index (κ2) is 3.78. The van der Waals surface area contributed by atoms with Crippen molar-refractivity contribution < 1.29 is 9.90 Å². The lowest BCUT2D eigenvalue weighted by Crippen LogP contribution is -2.53. The summed E-state index contributed by atoms with van der Waals surface area (Å²) in [5, 5.41) is 9.42. The molecule has 2 aliphatic rings. The van der Waals surface area contributed by atoms with Gasteiger partial charge in [-0.05, 0) is 51.1 Å². The first-order chi connectivity index (χ1) is 7.04. The molecule has 1 saturated heterocycles. The highest BCUT2D eigenvalue weighted by molar-refractivity contribution is 5.76. The third-order valence-electron chi connectivity index (χ3n) is 4.26. The van der Waals surface area contributed by atoms with Crippen LogP contribution >= 0.6 is 0 Å². The number of rotatable bonds is 2. The van der Waals surface area contributed by atoms with Crippen molar-refractivity contribution in [1.29, 1.82) is 0 Å².